The lowest BCUT2D eigenvalue weighted by Crippen LogP contribution is -2.45. The highest BCUT2D eigenvalue weighted by atomic mass is 19.1. The van der Waals surface area contributed by atoms with Crippen LogP contribution in [0.5, 0.6) is 0 Å². The molecule has 2 nitrogen and oxygen atoms in total. The number of hydrogen-bond donors (Lipinski definition) is 1. The van der Waals surface area contributed by atoms with E-state index < -0.39 is 0 Å². The van der Waals surface area contributed by atoms with Crippen LogP contribution >= 0.6 is 0 Å². The molecule has 0 spiro atoms. The summed E-state index contributed by atoms with van der Waals surface area (Å²) >= 11 is 0. The second kappa shape index (κ2) is 4.67. The van der Waals surface area contributed by atoms with Gasteiger partial charge in [0.1, 0.15) is 0 Å². The largest absolute Gasteiger partial charge is 0.314 e. The van der Waals surface area contributed by atoms with E-state index in [2.05, 4.69) is 10.2 Å². The van der Waals surface area contributed by atoms with Gasteiger partial charge in [-0.2, -0.15) is 0 Å². The second-order valence-corrected chi connectivity index (χ2v) is 3.31. The molecule has 66 valence electrons. The Kier molecular flexibility index (Phi) is 3.80. The molecule has 1 atom stereocenters. The third-order valence-corrected chi connectivity index (χ3v) is 2.04. The molecule has 0 bridgehead atoms. The molecule has 0 saturated carbocycles. The van der Waals surface area contributed by atoms with Crippen LogP contribution in [0.1, 0.15) is 6.92 Å². The van der Waals surface area contributed by atoms with Gasteiger partial charge in [0.2, 0.25) is 0 Å². The zero-order valence-corrected chi connectivity index (χ0v) is 7.15. The molecule has 1 saturated heterocycles. The SMILES string of the molecule is C[C@H](CF)CN1CCNCC1. The van der Waals surface area contributed by atoms with E-state index in [0.29, 0.717) is 0 Å². The monoisotopic (exact) mass is 160 g/mol. The average Bonchev–Trinajstić information content (AvgIpc) is 2.06. The highest BCUT2D eigenvalue weighted by Gasteiger charge is 2.12. The van der Waals surface area contributed by atoms with Gasteiger partial charge in [0, 0.05) is 32.7 Å². The van der Waals surface area contributed by atoms with E-state index in [-0.39, 0.29) is 12.6 Å². The average molecular weight is 160 g/mol. The first-order valence-corrected chi connectivity index (χ1v) is 4.32. The van der Waals surface area contributed by atoms with E-state index in [1.807, 2.05) is 6.92 Å². The summed E-state index contributed by atoms with van der Waals surface area (Å²) < 4.78 is 12.1. The molecule has 3 heteroatoms. The maximum atomic E-state index is 12.1. The topological polar surface area (TPSA) is 15.3 Å². The lowest BCUT2D eigenvalue weighted by molar-refractivity contribution is 0.195. The van der Waals surface area contributed by atoms with Gasteiger partial charge >= 0.3 is 0 Å². The van der Waals surface area contributed by atoms with E-state index >= 15 is 0 Å². The van der Waals surface area contributed by atoms with E-state index in [1.54, 1.807) is 0 Å². The Hall–Kier alpha value is -0.150. The summed E-state index contributed by atoms with van der Waals surface area (Å²) in [6.45, 7) is 6.94. The Morgan fingerprint density at radius 3 is 2.64 bits per heavy atom. The minimum Gasteiger partial charge on any atom is -0.314 e. The fourth-order valence-corrected chi connectivity index (χ4v) is 1.38. The van der Waals surface area contributed by atoms with Crippen LogP contribution in [0, 0.1) is 5.92 Å². The predicted molar refractivity (Wildman–Crippen MR) is 44.4 cm³/mol. The highest BCUT2D eigenvalue weighted by Crippen LogP contribution is 2.01. The van der Waals surface area contributed by atoms with Gasteiger partial charge in [-0.15, -0.1) is 0 Å². The normalized spacial score (nSPS) is 23.5. The van der Waals surface area contributed by atoms with Crippen LogP contribution in [-0.4, -0.2) is 44.3 Å². The van der Waals surface area contributed by atoms with E-state index in [0.717, 1.165) is 32.7 Å². The maximum absolute atomic E-state index is 12.1. The van der Waals surface area contributed by atoms with Crippen molar-refractivity contribution in [3.05, 3.63) is 0 Å². The third kappa shape index (κ3) is 3.16. The molecule has 1 aliphatic heterocycles. The van der Waals surface area contributed by atoms with Gasteiger partial charge < -0.3 is 10.2 Å². The van der Waals surface area contributed by atoms with Crippen molar-refractivity contribution >= 4 is 0 Å². The molecule has 1 rings (SSSR count). The Morgan fingerprint density at radius 2 is 2.09 bits per heavy atom. The van der Waals surface area contributed by atoms with Crippen molar-refractivity contribution in [1.82, 2.24) is 10.2 Å². The van der Waals surface area contributed by atoms with Gasteiger partial charge in [0.05, 0.1) is 6.67 Å². The maximum Gasteiger partial charge on any atom is 0.0932 e. The lowest BCUT2D eigenvalue weighted by atomic mass is 10.2. The van der Waals surface area contributed by atoms with Crippen LogP contribution < -0.4 is 5.32 Å². The molecule has 1 N–H and O–H groups in total. The molecule has 11 heavy (non-hydrogen) atoms. The molecular formula is C8H17FN2. The number of nitrogens with zero attached hydrogens (tertiary/aromatic N) is 1. The molecule has 0 amide bonds. The van der Waals surface area contributed by atoms with Gasteiger partial charge in [-0.05, 0) is 5.92 Å². The first-order valence-electron chi connectivity index (χ1n) is 4.32. The molecular weight excluding hydrogens is 143 g/mol. The van der Waals surface area contributed by atoms with Gasteiger partial charge in [-0.25, -0.2) is 0 Å². The van der Waals surface area contributed by atoms with Crippen molar-refractivity contribution in [3.8, 4) is 0 Å². The summed E-state index contributed by atoms with van der Waals surface area (Å²) in [6.07, 6.45) is 0. The number of nitrogens with one attached hydrogen (secondary N) is 1. The van der Waals surface area contributed by atoms with Gasteiger partial charge in [-0.3, -0.25) is 4.39 Å². The number of hydrogen-bond acceptors (Lipinski definition) is 2. The van der Waals surface area contributed by atoms with Crippen molar-refractivity contribution in [2.45, 2.75) is 6.92 Å². The summed E-state index contributed by atoms with van der Waals surface area (Å²) in [5, 5.41) is 3.27. The molecule has 0 aromatic rings. The molecule has 0 aromatic heterocycles. The highest BCUT2D eigenvalue weighted by molar-refractivity contribution is 4.69. The molecule has 0 radical (unpaired) electrons. The van der Waals surface area contributed by atoms with E-state index in [1.165, 1.54) is 0 Å². The fourth-order valence-electron chi connectivity index (χ4n) is 1.38. The molecule has 0 aliphatic carbocycles. The standard InChI is InChI=1S/C8H17FN2/c1-8(6-9)7-11-4-2-10-3-5-11/h8,10H,2-7H2,1H3/t8-/m1/s1. The van der Waals surface area contributed by atoms with Gasteiger partial charge in [-0.1, -0.05) is 6.92 Å². The smallest absolute Gasteiger partial charge is 0.0932 e. The van der Waals surface area contributed by atoms with Crippen LogP contribution in [-0.2, 0) is 0 Å². The molecule has 0 aromatic carbocycles. The first-order chi connectivity index (χ1) is 5.33. The summed E-state index contributed by atoms with van der Waals surface area (Å²) in [5.41, 5.74) is 0. The Labute approximate surface area is 67.8 Å². The van der Waals surface area contributed by atoms with Crippen molar-refractivity contribution in [2.24, 2.45) is 5.92 Å². The number of halogens is 1. The van der Waals surface area contributed by atoms with Gasteiger partial charge in [0.15, 0.2) is 0 Å². The van der Waals surface area contributed by atoms with E-state index in [4.69, 9.17) is 0 Å². The van der Waals surface area contributed by atoms with E-state index in [9.17, 15) is 4.39 Å². The van der Waals surface area contributed by atoms with Crippen LogP contribution in [0.3, 0.4) is 0 Å². The van der Waals surface area contributed by atoms with Gasteiger partial charge in [0.25, 0.3) is 0 Å². The van der Waals surface area contributed by atoms with Crippen LogP contribution in [0.2, 0.25) is 0 Å². The quantitative estimate of drug-likeness (QED) is 0.646. The van der Waals surface area contributed by atoms with Crippen LogP contribution in [0.4, 0.5) is 4.39 Å². The van der Waals surface area contributed by atoms with Crippen molar-refractivity contribution < 1.29 is 4.39 Å². The summed E-state index contributed by atoms with van der Waals surface area (Å²) in [5.74, 6) is 0.202. The zero-order chi connectivity index (χ0) is 8.10. The molecule has 0 unspecified atom stereocenters. The first kappa shape index (κ1) is 8.94. The Bertz CT molecular complexity index is 102. The molecule has 1 aliphatic rings. The van der Waals surface area contributed by atoms with Crippen LogP contribution in [0.15, 0.2) is 0 Å². The minimum absolute atomic E-state index is 0.191. The van der Waals surface area contributed by atoms with Crippen molar-refractivity contribution in [1.29, 1.82) is 0 Å². The summed E-state index contributed by atoms with van der Waals surface area (Å²) in [6, 6.07) is 0. The second-order valence-electron chi connectivity index (χ2n) is 3.31. The third-order valence-electron chi connectivity index (χ3n) is 2.04. The number of rotatable bonds is 3. The number of piperazine rings is 1. The molecule has 1 fully saturated rings. The summed E-state index contributed by atoms with van der Waals surface area (Å²) in [7, 11) is 0. The van der Waals surface area contributed by atoms with Crippen LogP contribution in [0.25, 0.3) is 0 Å². The minimum atomic E-state index is -0.191. The number of alkyl halides is 1. The van der Waals surface area contributed by atoms with Crippen molar-refractivity contribution in [2.75, 3.05) is 39.4 Å². The fraction of sp³-hybridized carbons (Fsp3) is 1.00. The predicted octanol–water partition coefficient (Wildman–Crippen LogP) is 0.497. The Morgan fingerprint density at radius 1 is 1.45 bits per heavy atom. The lowest BCUT2D eigenvalue weighted by Gasteiger charge is -2.28. The zero-order valence-electron chi connectivity index (χ0n) is 7.15. The van der Waals surface area contributed by atoms with Crippen molar-refractivity contribution in [3.63, 3.8) is 0 Å². The Balaban J connectivity index is 2.13. The molecule has 1 heterocycles. The summed E-state index contributed by atoms with van der Waals surface area (Å²) in [4.78, 5) is 2.32.